The fourth-order valence-electron chi connectivity index (χ4n) is 6.15. The van der Waals surface area contributed by atoms with Gasteiger partial charge in [0.1, 0.15) is 17.3 Å². The van der Waals surface area contributed by atoms with Gasteiger partial charge in [-0.1, -0.05) is 24.3 Å². The lowest BCUT2D eigenvalue weighted by Gasteiger charge is -2.42. The molecule has 2 aliphatic rings. The Morgan fingerprint density at radius 2 is 1.83 bits per heavy atom. The van der Waals surface area contributed by atoms with Gasteiger partial charge in [0.25, 0.3) is 5.91 Å². The maximum absolute atomic E-state index is 13.8. The zero-order chi connectivity index (χ0) is 29.1. The van der Waals surface area contributed by atoms with E-state index in [4.69, 9.17) is 14.5 Å². The molecule has 0 spiro atoms. The van der Waals surface area contributed by atoms with E-state index in [1.165, 1.54) is 28.9 Å². The number of methoxy groups -OCH3 is 2. The second-order valence-corrected chi connectivity index (χ2v) is 11.7. The Morgan fingerprint density at radius 1 is 1.02 bits per heavy atom. The Kier molecular flexibility index (Phi) is 8.39. The third kappa shape index (κ3) is 5.84. The summed E-state index contributed by atoms with van der Waals surface area (Å²) in [5, 5.41) is 1.98. The van der Waals surface area contributed by atoms with Crippen molar-refractivity contribution in [1.29, 1.82) is 0 Å². The number of aromatic nitrogens is 2. The fourth-order valence-corrected chi connectivity index (χ4v) is 6.70. The average molecular weight is 584 g/mol. The Labute approximate surface area is 251 Å². The summed E-state index contributed by atoms with van der Waals surface area (Å²) in [5.74, 6) is 2.07. The first-order valence-corrected chi connectivity index (χ1v) is 15.4. The lowest BCUT2D eigenvalue weighted by Crippen LogP contribution is -2.52. The molecule has 0 radical (unpaired) electrons. The normalized spacial score (nSPS) is 17.0. The van der Waals surface area contributed by atoms with Gasteiger partial charge in [-0.3, -0.25) is 9.69 Å². The Hall–Kier alpha value is -3.95. The molecule has 1 atom stereocenters. The third-order valence-electron chi connectivity index (χ3n) is 8.47. The van der Waals surface area contributed by atoms with Crippen LogP contribution in [0.1, 0.15) is 33.6 Å². The molecule has 1 aliphatic heterocycles. The molecule has 4 aromatic rings. The Balaban J connectivity index is 1.28. The maximum Gasteiger partial charge on any atom is 0.257 e. The minimum atomic E-state index is -0.0685. The average Bonchev–Trinajstić information content (AvgIpc) is 3.56. The van der Waals surface area contributed by atoms with Crippen LogP contribution < -0.4 is 14.4 Å². The van der Waals surface area contributed by atoms with Gasteiger partial charge in [0.2, 0.25) is 0 Å². The van der Waals surface area contributed by atoms with Gasteiger partial charge < -0.3 is 19.3 Å². The summed E-state index contributed by atoms with van der Waals surface area (Å²) in [6.45, 7) is 3.93. The fraction of sp³-hybridized carbons (Fsp3) is 0.364. The number of rotatable bonds is 8. The molecule has 6 rings (SSSR count). The number of hydrogen-bond acceptors (Lipinski definition) is 8. The van der Waals surface area contributed by atoms with Crippen molar-refractivity contribution >= 4 is 23.1 Å². The highest BCUT2D eigenvalue weighted by atomic mass is 32.1. The maximum atomic E-state index is 13.8. The first-order chi connectivity index (χ1) is 20.5. The third-order valence-corrected chi connectivity index (χ3v) is 9.10. The predicted molar refractivity (Wildman–Crippen MR) is 167 cm³/mol. The number of carbonyl (C=O) groups is 1. The van der Waals surface area contributed by atoms with Crippen LogP contribution in [0.3, 0.4) is 0 Å². The topological polar surface area (TPSA) is 71.0 Å². The van der Waals surface area contributed by atoms with Gasteiger partial charge in [-0.05, 0) is 60.7 Å². The van der Waals surface area contributed by atoms with Crippen LogP contribution in [-0.4, -0.2) is 79.2 Å². The molecule has 1 fully saturated rings. The first-order valence-electron chi connectivity index (χ1n) is 14.5. The number of aryl methyl sites for hydroxylation is 1. The molecule has 2 aromatic carbocycles. The van der Waals surface area contributed by atoms with E-state index < -0.39 is 0 Å². The zero-order valence-electron chi connectivity index (χ0n) is 24.5. The van der Waals surface area contributed by atoms with Crippen molar-refractivity contribution in [2.24, 2.45) is 0 Å². The zero-order valence-corrected chi connectivity index (χ0v) is 25.3. The standard InChI is InChI=1S/C33H37N5O3S/c1-36(20-25-21-42-22-34-25)33(39)28-11-12-30(29-19-27(40-2)10-13-31(29)41-3)35-32(28)38-16-14-37(15-17-38)26-9-8-23-6-4-5-7-24(23)18-26/h4-7,10-13,19,21-22,26H,8-9,14-18,20H2,1-3H3/t26-/m0/s1. The molecule has 0 unspecified atom stereocenters. The molecule has 218 valence electrons. The van der Waals surface area contributed by atoms with Gasteiger partial charge in [0, 0.05) is 50.2 Å². The van der Waals surface area contributed by atoms with E-state index in [1.54, 1.807) is 24.6 Å². The molecule has 9 heteroatoms. The van der Waals surface area contributed by atoms with Crippen LogP contribution in [-0.2, 0) is 19.4 Å². The van der Waals surface area contributed by atoms with Crippen molar-refractivity contribution < 1.29 is 14.3 Å². The van der Waals surface area contributed by atoms with Crippen LogP contribution in [0, 0.1) is 0 Å². The lowest BCUT2D eigenvalue weighted by atomic mass is 9.87. The number of ether oxygens (including phenoxy) is 2. The number of benzene rings is 2. The summed E-state index contributed by atoms with van der Waals surface area (Å²) in [6.07, 6.45) is 3.42. The predicted octanol–water partition coefficient (Wildman–Crippen LogP) is 5.17. The van der Waals surface area contributed by atoms with E-state index in [2.05, 4.69) is 39.0 Å². The van der Waals surface area contributed by atoms with Crippen molar-refractivity contribution in [3.63, 3.8) is 0 Å². The molecule has 1 aliphatic carbocycles. The summed E-state index contributed by atoms with van der Waals surface area (Å²) in [4.78, 5) is 29.9. The number of fused-ring (bicyclic) bond motifs is 1. The minimum Gasteiger partial charge on any atom is -0.497 e. The van der Waals surface area contributed by atoms with Gasteiger partial charge in [-0.2, -0.15) is 0 Å². The van der Waals surface area contributed by atoms with Crippen molar-refractivity contribution in [3.05, 3.63) is 87.9 Å². The summed E-state index contributed by atoms with van der Waals surface area (Å²) in [7, 11) is 5.12. The van der Waals surface area contributed by atoms with Crippen LogP contribution in [0.5, 0.6) is 11.5 Å². The van der Waals surface area contributed by atoms with Crippen molar-refractivity contribution in [3.8, 4) is 22.8 Å². The largest absolute Gasteiger partial charge is 0.497 e. The molecule has 42 heavy (non-hydrogen) atoms. The molecule has 1 amide bonds. The van der Waals surface area contributed by atoms with Crippen molar-refractivity contribution in [1.82, 2.24) is 19.8 Å². The summed E-state index contributed by atoms with van der Waals surface area (Å²) < 4.78 is 11.2. The highest BCUT2D eigenvalue weighted by Gasteiger charge is 2.30. The second kappa shape index (κ2) is 12.5. The summed E-state index contributed by atoms with van der Waals surface area (Å²) in [6, 6.07) is 18.9. The Bertz CT molecular complexity index is 1530. The van der Waals surface area contributed by atoms with Gasteiger partial charge in [0.15, 0.2) is 0 Å². The molecular weight excluding hydrogens is 546 g/mol. The van der Waals surface area contributed by atoms with Gasteiger partial charge in [0.05, 0.1) is 43.2 Å². The van der Waals surface area contributed by atoms with Gasteiger partial charge in [-0.25, -0.2) is 9.97 Å². The van der Waals surface area contributed by atoms with E-state index in [-0.39, 0.29) is 5.91 Å². The molecular formula is C33H37N5O3S. The molecule has 1 saturated heterocycles. The smallest absolute Gasteiger partial charge is 0.257 e. The first kappa shape index (κ1) is 28.2. The highest BCUT2D eigenvalue weighted by Crippen LogP contribution is 2.35. The number of amides is 1. The number of nitrogens with zero attached hydrogens (tertiary/aromatic N) is 5. The number of pyridine rings is 1. The van der Waals surface area contributed by atoms with Crippen molar-refractivity contribution in [2.45, 2.75) is 31.8 Å². The number of piperazine rings is 1. The van der Waals surface area contributed by atoms with E-state index in [0.29, 0.717) is 29.7 Å². The monoisotopic (exact) mass is 583 g/mol. The number of thiazole rings is 1. The number of hydrogen-bond donors (Lipinski definition) is 0. The number of anilines is 1. The van der Waals surface area contributed by atoms with Crippen LogP contribution >= 0.6 is 11.3 Å². The van der Waals surface area contributed by atoms with Crippen LogP contribution in [0.15, 0.2) is 65.5 Å². The van der Waals surface area contributed by atoms with E-state index >= 15 is 0 Å². The molecule has 2 aromatic heterocycles. The minimum absolute atomic E-state index is 0.0685. The van der Waals surface area contributed by atoms with Crippen LogP contribution in [0.2, 0.25) is 0 Å². The molecule has 0 N–H and O–H groups in total. The molecule has 3 heterocycles. The van der Waals surface area contributed by atoms with E-state index in [9.17, 15) is 4.79 Å². The SMILES string of the molecule is COc1ccc(OC)c(-c2ccc(C(=O)N(C)Cc3cscn3)c(N3CCN([C@H]4CCc5ccccc5C4)CC3)n2)c1. The van der Waals surface area contributed by atoms with E-state index in [0.717, 1.165) is 61.7 Å². The van der Waals surface area contributed by atoms with Crippen LogP contribution in [0.4, 0.5) is 5.82 Å². The highest BCUT2D eigenvalue weighted by molar-refractivity contribution is 7.07. The van der Waals surface area contributed by atoms with Gasteiger partial charge in [-0.15, -0.1) is 11.3 Å². The molecule has 0 saturated carbocycles. The summed E-state index contributed by atoms with van der Waals surface area (Å²) >= 11 is 1.53. The quantitative estimate of drug-likeness (QED) is 0.283. The molecule has 0 bridgehead atoms. The van der Waals surface area contributed by atoms with Crippen LogP contribution in [0.25, 0.3) is 11.3 Å². The molecule has 8 nitrogen and oxygen atoms in total. The summed E-state index contributed by atoms with van der Waals surface area (Å²) in [5.41, 5.74) is 7.81. The Morgan fingerprint density at radius 3 is 2.57 bits per heavy atom. The second-order valence-electron chi connectivity index (χ2n) is 11.0. The van der Waals surface area contributed by atoms with E-state index in [1.807, 2.05) is 42.8 Å². The number of carbonyl (C=O) groups excluding carboxylic acids is 1. The van der Waals surface area contributed by atoms with Crippen molar-refractivity contribution in [2.75, 3.05) is 52.3 Å². The van der Waals surface area contributed by atoms with Gasteiger partial charge >= 0.3 is 0 Å². The lowest BCUT2D eigenvalue weighted by molar-refractivity contribution is 0.0783.